The van der Waals surface area contributed by atoms with Gasteiger partial charge in [0.25, 0.3) is 0 Å². The molecule has 0 aromatic carbocycles. The summed E-state index contributed by atoms with van der Waals surface area (Å²) in [6.45, 7) is 1.97. The van der Waals surface area contributed by atoms with Crippen molar-refractivity contribution in [2.45, 2.75) is 18.2 Å². The molecule has 0 aliphatic carbocycles. The van der Waals surface area contributed by atoms with Crippen LogP contribution < -0.4 is 5.32 Å². The Morgan fingerprint density at radius 3 is 2.67 bits per heavy atom. The maximum Gasteiger partial charge on any atom is 0.308 e. The zero-order valence-corrected chi connectivity index (χ0v) is 10.9. The van der Waals surface area contributed by atoms with Crippen LogP contribution in [0.25, 0.3) is 0 Å². The number of amides is 1. The molecule has 2 N–H and O–H groups in total. The van der Waals surface area contributed by atoms with E-state index >= 15 is 0 Å². The first-order valence-electron chi connectivity index (χ1n) is 5.65. The minimum Gasteiger partial charge on any atom is -0.481 e. The van der Waals surface area contributed by atoms with Gasteiger partial charge < -0.3 is 10.4 Å². The van der Waals surface area contributed by atoms with E-state index in [9.17, 15) is 9.59 Å². The summed E-state index contributed by atoms with van der Waals surface area (Å²) in [5, 5.41) is 11.5. The summed E-state index contributed by atoms with van der Waals surface area (Å²) in [7, 11) is 0. The molecule has 0 bridgehead atoms. The van der Waals surface area contributed by atoms with Crippen LogP contribution in [-0.2, 0) is 9.59 Å². The maximum atomic E-state index is 11.5. The molecule has 1 aromatic rings. The van der Waals surface area contributed by atoms with Crippen LogP contribution >= 0.6 is 11.8 Å². The highest BCUT2D eigenvalue weighted by atomic mass is 32.2. The van der Waals surface area contributed by atoms with E-state index in [4.69, 9.17) is 5.11 Å². The Balaban J connectivity index is 2.28. The lowest BCUT2D eigenvalue weighted by Gasteiger charge is -2.10. The number of pyridine rings is 1. The number of aliphatic carboxylic acids is 1. The molecule has 0 fully saturated rings. The molecule has 0 saturated heterocycles. The quantitative estimate of drug-likeness (QED) is 0.731. The smallest absolute Gasteiger partial charge is 0.308 e. The van der Waals surface area contributed by atoms with Gasteiger partial charge >= 0.3 is 5.97 Å². The van der Waals surface area contributed by atoms with Crippen molar-refractivity contribution in [2.75, 3.05) is 12.3 Å². The fourth-order valence-electron chi connectivity index (χ4n) is 1.28. The number of hydrogen-bond donors (Lipinski definition) is 2. The van der Waals surface area contributed by atoms with Gasteiger partial charge in [-0.2, -0.15) is 0 Å². The minimum atomic E-state index is -0.875. The van der Waals surface area contributed by atoms with Crippen molar-refractivity contribution in [3.05, 3.63) is 24.5 Å². The molecule has 1 atom stereocenters. The predicted octanol–water partition coefficient (Wildman–Crippen LogP) is 1.40. The molecule has 0 radical (unpaired) electrons. The lowest BCUT2D eigenvalue weighted by Crippen LogP contribution is -2.33. The van der Waals surface area contributed by atoms with Gasteiger partial charge in [0.2, 0.25) is 5.91 Å². The molecule has 1 unspecified atom stereocenters. The first-order valence-corrected chi connectivity index (χ1v) is 6.64. The number of nitrogens with one attached hydrogen (secondary N) is 1. The number of thioether (sulfide) groups is 1. The summed E-state index contributed by atoms with van der Waals surface area (Å²) in [5.74, 6) is -1.27. The number of carbonyl (C=O) groups is 2. The molecule has 0 saturated carbocycles. The number of carbonyl (C=O) groups excluding carboxylic acids is 1. The van der Waals surface area contributed by atoms with E-state index < -0.39 is 11.9 Å². The van der Waals surface area contributed by atoms with E-state index in [1.807, 2.05) is 12.1 Å². The number of carboxylic acid groups (broad SMARTS) is 1. The average molecular weight is 268 g/mol. The van der Waals surface area contributed by atoms with E-state index in [0.29, 0.717) is 6.42 Å². The van der Waals surface area contributed by atoms with Crippen molar-refractivity contribution in [1.82, 2.24) is 10.3 Å². The largest absolute Gasteiger partial charge is 0.481 e. The maximum absolute atomic E-state index is 11.5. The Bertz CT molecular complexity index is 398. The van der Waals surface area contributed by atoms with Crippen molar-refractivity contribution >= 4 is 23.6 Å². The number of nitrogens with zero attached hydrogens (tertiary/aromatic N) is 1. The second-order valence-electron chi connectivity index (χ2n) is 3.72. The number of carboxylic acids is 1. The van der Waals surface area contributed by atoms with Crippen molar-refractivity contribution in [3.8, 4) is 0 Å². The summed E-state index contributed by atoms with van der Waals surface area (Å²) in [6.07, 6.45) is 3.84. The molecule has 6 heteroatoms. The third-order valence-corrected chi connectivity index (χ3v) is 3.42. The van der Waals surface area contributed by atoms with Crippen LogP contribution in [0.1, 0.15) is 13.3 Å². The highest BCUT2D eigenvalue weighted by Crippen LogP contribution is 2.15. The zero-order chi connectivity index (χ0) is 13.4. The molecule has 0 aliphatic rings. The van der Waals surface area contributed by atoms with E-state index in [0.717, 1.165) is 4.90 Å². The fraction of sp³-hybridized carbons (Fsp3) is 0.417. The van der Waals surface area contributed by atoms with Gasteiger partial charge in [0.05, 0.1) is 11.7 Å². The second-order valence-corrected chi connectivity index (χ2v) is 4.77. The normalized spacial score (nSPS) is 11.8. The first kappa shape index (κ1) is 14.5. The lowest BCUT2D eigenvalue weighted by molar-refractivity contribution is -0.141. The molecular weight excluding hydrogens is 252 g/mol. The molecular formula is C12H16N2O3S. The third kappa shape index (κ3) is 5.18. The minimum absolute atomic E-state index is 0.156. The van der Waals surface area contributed by atoms with Crippen LogP contribution in [0, 0.1) is 5.92 Å². The summed E-state index contributed by atoms with van der Waals surface area (Å²) in [5.41, 5.74) is 0. The average Bonchev–Trinajstić information content (AvgIpc) is 2.38. The van der Waals surface area contributed by atoms with Gasteiger partial charge in [-0.1, -0.05) is 6.92 Å². The van der Waals surface area contributed by atoms with E-state index in [2.05, 4.69) is 10.3 Å². The van der Waals surface area contributed by atoms with Crippen LogP contribution in [0.2, 0.25) is 0 Å². The Morgan fingerprint density at radius 2 is 2.11 bits per heavy atom. The number of hydrogen-bond acceptors (Lipinski definition) is 4. The zero-order valence-electron chi connectivity index (χ0n) is 10.1. The van der Waals surface area contributed by atoms with Gasteiger partial charge in [-0.05, 0) is 18.6 Å². The van der Waals surface area contributed by atoms with Gasteiger partial charge in [0.1, 0.15) is 0 Å². The van der Waals surface area contributed by atoms with Gasteiger partial charge in [0.15, 0.2) is 0 Å². The van der Waals surface area contributed by atoms with Gasteiger partial charge in [0, 0.05) is 23.8 Å². The highest BCUT2D eigenvalue weighted by molar-refractivity contribution is 8.00. The highest BCUT2D eigenvalue weighted by Gasteiger charge is 2.15. The van der Waals surface area contributed by atoms with E-state index in [-0.39, 0.29) is 18.2 Å². The van der Waals surface area contributed by atoms with E-state index in [1.54, 1.807) is 19.3 Å². The van der Waals surface area contributed by atoms with Crippen LogP contribution in [0.15, 0.2) is 29.4 Å². The summed E-state index contributed by atoms with van der Waals surface area (Å²) in [4.78, 5) is 27.1. The van der Waals surface area contributed by atoms with E-state index in [1.165, 1.54) is 11.8 Å². The molecule has 0 spiro atoms. The van der Waals surface area contributed by atoms with Crippen LogP contribution in [0.5, 0.6) is 0 Å². The second kappa shape index (κ2) is 7.71. The summed E-state index contributed by atoms with van der Waals surface area (Å²) in [6, 6.07) is 3.65. The van der Waals surface area contributed by atoms with Crippen LogP contribution in [0.4, 0.5) is 0 Å². The third-order valence-electron chi connectivity index (χ3n) is 2.41. The Morgan fingerprint density at radius 1 is 1.44 bits per heavy atom. The Kier molecular flexibility index (Phi) is 6.21. The van der Waals surface area contributed by atoms with Crippen molar-refractivity contribution in [2.24, 2.45) is 5.92 Å². The summed E-state index contributed by atoms with van der Waals surface area (Å²) < 4.78 is 0. The molecule has 1 rings (SSSR count). The van der Waals surface area contributed by atoms with Crippen LogP contribution in [0.3, 0.4) is 0 Å². The Hall–Kier alpha value is -1.56. The molecule has 98 valence electrons. The Labute approximate surface area is 110 Å². The number of rotatable bonds is 7. The van der Waals surface area contributed by atoms with Gasteiger partial charge in [-0.25, -0.2) is 0 Å². The SMILES string of the molecule is CCC(CNC(=O)CSc1ccncc1)C(=O)O. The molecule has 0 aliphatic heterocycles. The van der Waals surface area contributed by atoms with Crippen molar-refractivity contribution in [3.63, 3.8) is 0 Å². The van der Waals surface area contributed by atoms with Crippen molar-refractivity contribution < 1.29 is 14.7 Å². The molecule has 1 amide bonds. The standard InChI is InChI=1S/C12H16N2O3S/c1-2-9(12(16)17)7-14-11(15)8-18-10-3-5-13-6-4-10/h3-6,9H,2,7-8H2,1H3,(H,14,15)(H,16,17). The molecule has 1 heterocycles. The van der Waals surface area contributed by atoms with Crippen molar-refractivity contribution in [1.29, 1.82) is 0 Å². The van der Waals surface area contributed by atoms with Crippen LogP contribution in [-0.4, -0.2) is 34.3 Å². The van der Waals surface area contributed by atoms with Gasteiger partial charge in [-0.15, -0.1) is 11.8 Å². The first-order chi connectivity index (χ1) is 8.63. The lowest BCUT2D eigenvalue weighted by atomic mass is 10.1. The molecule has 1 aromatic heterocycles. The predicted molar refractivity (Wildman–Crippen MR) is 69.4 cm³/mol. The molecule has 5 nitrogen and oxygen atoms in total. The molecule has 18 heavy (non-hydrogen) atoms. The van der Waals surface area contributed by atoms with Gasteiger partial charge in [-0.3, -0.25) is 14.6 Å². The topological polar surface area (TPSA) is 79.3 Å². The fourth-order valence-corrected chi connectivity index (χ4v) is 1.99. The monoisotopic (exact) mass is 268 g/mol. The summed E-state index contributed by atoms with van der Waals surface area (Å²) >= 11 is 1.40. The number of aromatic nitrogens is 1.